The Balaban J connectivity index is 1.20. The number of fused-ring (bicyclic) bond motifs is 7. The molecule has 0 saturated heterocycles. The monoisotopic (exact) mass is 632 g/mol. The van der Waals surface area contributed by atoms with Gasteiger partial charge in [-0.3, -0.25) is 0 Å². The van der Waals surface area contributed by atoms with Crippen LogP contribution in [0.3, 0.4) is 0 Å². The van der Waals surface area contributed by atoms with Crippen LogP contribution in [-0.2, 0) is 5.41 Å². The molecule has 7 aromatic carbocycles. The Labute approximate surface area is 286 Å². The molecular formula is C46H36N2O. The minimum Gasteiger partial charge on any atom is -0.456 e. The van der Waals surface area contributed by atoms with Gasteiger partial charge in [0.2, 0.25) is 0 Å². The average Bonchev–Trinajstić information content (AvgIpc) is 3.68. The molecule has 2 heterocycles. The lowest BCUT2D eigenvalue weighted by Crippen LogP contribution is -2.13. The van der Waals surface area contributed by atoms with Gasteiger partial charge >= 0.3 is 0 Å². The second-order valence-corrected chi connectivity index (χ2v) is 13.8. The maximum Gasteiger partial charge on any atom is 0.136 e. The molecule has 2 aromatic heterocycles. The Bertz CT molecular complexity index is 2600. The molecule has 0 amide bonds. The molecule has 0 saturated carbocycles. The van der Waals surface area contributed by atoms with Gasteiger partial charge in [0.15, 0.2) is 0 Å². The van der Waals surface area contributed by atoms with Crippen LogP contribution in [0.25, 0.3) is 60.6 Å². The third kappa shape index (κ3) is 4.89. The zero-order valence-corrected chi connectivity index (χ0v) is 27.9. The summed E-state index contributed by atoms with van der Waals surface area (Å²) < 4.78 is 8.73. The summed E-state index contributed by atoms with van der Waals surface area (Å²) in [7, 11) is 0. The van der Waals surface area contributed by atoms with Crippen molar-refractivity contribution in [3.8, 4) is 16.8 Å². The zero-order chi connectivity index (χ0) is 33.1. The van der Waals surface area contributed by atoms with Gasteiger partial charge in [-0.1, -0.05) is 106 Å². The molecule has 0 aliphatic heterocycles. The van der Waals surface area contributed by atoms with Crippen LogP contribution in [0.5, 0.6) is 0 Å². The number of benzene rings is 7. The third-order valence-electron chi connectivity index (χ3n) is 9.75. The summed E-state index contributed by atoms with van der Waals surface area (Å²) in [6.07, 6.45) is 0. The van der Waals surface area contributed by atoms with Crippen molar-refractivity contribution >= 4 is 60.8 Å². The van der Waals surface area contributed by atoms with E-state index >= 15 is 0 Å². The maximum atomic E-state index is 6.36. The molecule has 0 radical (unpaired) electrons. The van der Waals surface area contributed by atoms with Crippen LogP contribution in [-0.4, -0.2) is 4.57 Å². The van der Waals surface area contributed by atoms with Crippen molar-refractivity contribution < 1.29 is 4.42 Å². The molecule has 0 N–H and O–H groups in total. The van der Waals surface area contributed by atoms with Gasteiger partial charge in [-0.25, -0.2) is 0 Å². The van der Waals surface area contributed by atoms with Crippen LogP contribution in [0.2, 0.25) is 0 Å². The predicted octanol–water partition coefficient (Wildman–Crippen LogP) is 13.1. The number of anilines is 3. The van der Waals surface area contributed by atoms with Gasteiger partial charge in [-0.2, -0.15) is 0 Å². The first-order chi connectivity index (χ1) is 23.9. The SMILES string of the molecule is CC(C)(C)c1ccc(N(c2ccccc2)c2ccc(-c3ccc4c(c3)c3c5c(ccc3n4-c3ccccc3)oc3ccccc35)cc2)cc1. The normalized spacial score (nSPS) is 12.0. The number of hydrogen-bond acceptors (Lipinski definition) is 2. The van der Waals surface area contributed by atoms with Crippen molar-refractivity contribution in [2.75, 3.05) is 4.90 Å². The number of nitrogens with zero attached hydrogens (tertiary/aromatic N) is 2. The fraction of sp³-hybridized carbons (Fsp3) is 0.0870. The van der Waals surface area contributed by atoms with Crippen molar-refractivity contribution in [1.82, 2.24) is 4.57 Å². The summed E-state index contributed by atoms with van der Waals surface area (Å²) in [5.74, 6) is 0. The number of aromatic nitrogens is 1. The number of rotatable bonds is 5. The van der Waals surface area contributed by atoms with Crippen LogP contribution < -0.4 is 4.90 Å². The predicted molar refractivity (Wildman–Crippen MR) is 207 cm³/mol. The Kier molecular flexibility index (Phi) is 6.70. The maximum absolute atomic E-state index is 6.36. The molecule has 236 valence electrons. The van der Waals surface area contributed by atoms with Gasteiger partial charge in [0.1, 0.15) is 11.2 Å². The number of hydrogen-bond donors (Lipinski definition) is 0. The van der Waals surface area contributed by atoms with E-state index in [0.29, 0.717) is 0 Å². The van der Waals surface area contributed by atoms with Gasteiger partial charge in [0, 0.05) is 44.3 Å². The largest absolute Gasteiger partial charge is 0.456 e. The molecule has 9 rings (SSSR count). The molecule has 3 nitrogen and oxygen atoms in total. The van der Waals surface area contributed by atoms with Crippen molar-refractivity contribution in [2.24, 2.45) is 0 Å². The Morgan fingerprint density at radius 2 is 1.06 bits per heavy atom. The minimum absolute atomic E-state index is 0.0999. The molecule has 0 unspecified atom stereocenters. The highest BCUT2D eigenvalue weighted by Gasteiger charge is 2.20. The van der Waals surface area contributed by atoms with Gasteiger partial charge in [-0.05, 0) is 101 Å². The van der Waals surface area contributed by atoms with E-state index in [0.717, 1.165) is 44.7 Å². The second kappa shape index (κ2) is 11.3. The highest BCUT2D eigenvalue weighted by molar-refractivity contribution is 6.27. The Morgan fingerprint density at radius 1 is 0.469 bits per heavy atom. The molecule has 0 bridgehead atoms. The molecule has 0 spiro atoms. The topological polar surface area (TPSA) is 21.3 Å². The van der Waals surface area contributed by atoms with Gasteiger partial charge in [0.05, 0.1) is 11.0 Å². The Morgan fingerprint density at radius 3 is 1.78 bits per heavy atom. The Hall–Kier alpha value is -6.06. The molecular weight excluding hydrogens is 597 g/mol. The highest BCUT2D eigenvalue weighted by Crippen LogP contribution is 2.43. The summed E-state index contributed by atoms with van der Waals surface area (Å²) in [6.45, 7) is 6.77. The molecule has 49 heavy (non-hydrogen) atoms. The van der Waals surface area contributed by atoms with Crippen LogP contribution >= 0.6 is 0 Å². The molecule has 0 fully saturated rings. The summed E-state index contributed by atoms with van der Waals surface area (Å²) in [5.41, 5.74) is 12.5. The van der Waals surface area contributed by atoms with Gasteiger partial charge < -0.3 is 13.9 Å². The van der Waals surface area contributed by atoms with E-state index in [1.165, 1.54) is 38.5 Å². The van der Waals surface area contributed by atoms with E-state index < -0.39 is 0 Å². The van der Waals surface area contributed by atoms with Gasteiger partial charge in [-0.15, -0.1) is 0 Å². The summed E-state index contributed by atoms with van der Waals surface area (Å²) in [6, 6.07) is 58.7. The fourth-order valence-corrected chi connectivity index (χ4v) is 7.30. The summed E-state index contributed by atoms with van der Waals surface area (Å²) in [5, 5.41) is 4.73. The standard InChI is InChI=1S/C46H36N2O/c1-46(2,3)33-21-25-37(26-22-33)47(34-12-6-4-7-13-34)36-23-18-31(19-24-36)32-20-27-40-39(30-32)44-41(48(40)35-14-8-5-9-15-35)28-29-43-45(44)38-16-10-11-17-42(38)49-43/h4-30H,1-3H3. The first-order valence-electron chi connectivity index (χ1n) is 16.9. The average molecular weight is 633 g/mol. The number of para-hydroxylation sites is 3. The van der Waals surface area contributed by atoms with Gasteiger partial charge in [0.25, 0.3) is 0 Å². The smallest absolute Gasteiger partial charge is 0.136 e. The first kappa shape index (κ1) is 29.1. The van der Waals surface area contributed by atoms with E-state index in [1.807, 2.05) is 6.07 Å². The quantitative estimate of drug-likeness (QED) is 0.188. The van der Waals surface area contributed by atoms with Crippen molar-refractivity contribution in [2.45, 2.75) is 26.2 Å². The van der Waals surface area contributed by atoms with Crippen molar-refractivity contribution in [1.29, 1.82) is 0 Å². The highest BCUT2D eigenvalue weighted by atomic mass is 16.3. The van der Waals surface area contributed by atoms with E-state index in [9.17, 15) is 0 Å². The third-order valence-corrected chi connectivity index (χ3v) is 9.75. The second-order valence-electron chi connectivity index (χ2n) is 13.8. The lowest BCUT2D eigenvalue weighted by molar-refractivity contribution is 0.590. The van der Waals surface area contributed by atoms with Crippen LogP contribution in [0, 0.1) is 0 Å². The first-order valence-corrected chi connectivity index (χ1v) is 16.9. The molecule has 0 aliphatic carbocycles. The van der Waals surface area contributed by atoms with E-state index in [1.54, 1.807) is 0 Å². The van der Waals surface area contributed by atoms with Crippen molar-refractivity contribution in [3.05, 3.63) is 169 Å². The molecule has 0 aliphatic rings. The molecule has 3 heteroatoms. The minimum atomic E-state index is 0.0999. The lowest BCUT2D eigenvalue weighted by atomic mass is 9.87. The summed E-state index contributed by atoms with van der Waals surface area (Å²) >= 11 is 0. The fourth-order valence-electron chi connectivity index (χ4n) is 7.30. The van der Waals surface area contributed by atoms with Crippen LogP contribution in [0.4, 0.5) is 17.1 Å². The van der Waals surface area contributed by atoms with E-state index in [4.69, 9.17) is 4.42 Å². The molecule has 0 atom stereocenters. The van der Waals surface area contributed by atoms with E-state index in [-0.39, 0.29) is 5.41 Å². The zero-order valence-electron chi connectivity index (χ0n) is 27.9. The number of furan rings is 1. The molecule has 9 aromatic rings. The van der Waals surface area contributed by atoms with Crippen LogP contribution in [0.15, 0.2) is 168 Å². The van der Waals surface area contributed by atoms with E-state index in [2.05, 4.69) is 188 Å². The summed E-state index contributed by atoms with van der Waals surface area (Å²) in [4.78, 5) is 2.33. The van der Waals surface area contributed by atoms with Crippen molar-refractivity contribution in [3.63, 3.8) is 0 Å². The lowest BCUT2D eigenvalue weighted by Gasteiger charge is -2.27. The van der Waals surface area contributed by atoms with Crippen LogP contribution in [0.1, 0.15) is 26.3 Å².